The van der Waals surface area contributed by atoms with E-state index in [0.717, 1.165) is 30.8 Å². The standard InChI is InChI=1S/C22H25ClN6O3S/c1-4-33(31,32)19-8-6-5-7-16(19)25-20-15(23)12-24-22(27-20)26-17-11-14-13-28(2)10-9-18(14)29(3)21(17)30/h5-8,11-12H,4,9-10,13H2,1-3H3,(H2,24,25,26,27). The van der Waals surface area contributed by atoms with E-state index in [9.17, 15) is 13.2 Å². The highest BCUT2D eigenvalue weighted by Gasteiger charge is 2.20. The zero-order valence-corrected chi connectivity index (χ0v) is 20.2. The second-order valence-corrected chi connectivity index (χ2v) is 10.6. The Labute approximate surface area is 197 Å². The third kappa shape index (κ3) is 4.73. The van der Waals surface area contributed by atoms with Crippen LogP contribution < -0.4 is 16.2 Å². The van der Waals surface area contributed by atoms with E-state index in [-0.39, 0.29) is 33.0 Å². The lowest BCUT2D eigenvalue weighted by Crippen LogP contribution is -2.33. The molecule has 174 valence electrons. The van der Waals surface area contributed by atoms with Gasteiger partial charge < -0.3 is 20.1 Å². The fraction of sp³-hybridized carbons (Fsp3) is 0.318. The van der Waals surface area contributed by atoms with Crippen molar-refractivity contribution in [2.24, 2.45) is 7.05 Å². The lowest BCUT2D eigenvalue weighted by molar-refractivity contribution is 0.306. The van der Waals surface area contributed by atoms with Crippen LogP contribution in [0.5, 0.6) is 0 Å². The zero-order chi connectivity index (χ0) is 23.8. The highest BCUT2D eigenvalue weighted by molar-refractivity contribution is 7.91. The molecule has 33 heavy (non-hydrogen) atoms. The molecule has 1 aliphatic rings. The van der Waals surface area contributed by atoms with Crippen molar-refractivity contribution in [1.82, 2.24) is 19.4 Å². The maximum absolute atomic E-state index is 12.9. The predicted molar refractivity (Wildman–Crippen MR) is 129 cm³/mol. The molecular weight excluding hydrogens is 464 g/mol. The number of sulfone groups is 1. The van der Waals surface area contributed by atoms with Gasteiger partial charge in [-0.25, -0.2) is 13.4 Å². The van der Waals surface area contributed by atoms with Crippen LogP contribution in [-0.4, -0.2) is 47.2 Å². The summed E-state index contributed by atoms with van der Waals surface area (Å²) in [7, 11) is 0.345. The molecule has 0 spiro atoms. The van der Waals surface area contributed by atoms with Crippen molar-refractivity contribution >= 4 is 44.6 Å². The minimum Gasteiger partial charge on any atom is -0.338 e. The van der Waals surface area contributed by atoms with Crippen molar-refractivity contribution in [2.75, 3.05) is 30.0 Å². The first-order chi connectivity index (χ1) is 15.7. The number of fused-ring (bicyclic) bond motifs is 1. The molecule has 2 N–H and O–H groups in total. The van der Waals surface area contributed by atoms with Crippen molar-refractivity contribution in [1.29, 1.82) is 0 Å². The van der Waals surface area contributed by atoms with Crippen molar-refractivity contribution in [3.05, 3.63) is 63.2 Å². The highest BCUT2D eigenvalue weighted by Crippen LogP contribution is 2.29. The van der Waals surface area contributed by atoms with Gasteiger partial charge in [0.05, 0.1) is 22.5 Å². The number of rotatable bonds is 6. The Morgan fingerprint density at radius 2 is 1.91 bits per heavy atom. The van der Waals surface area contributed by atoms with Crippen molar-refractivity contribution in [3.8, 4) is 0 Å². The van der Waals surface area contributed by atoms with E-state index in [4.69, 9.17) is 11.6 Å². The van der Waals surface area contributed by atoms with Gasteiger partial charge in [-0.3, -0.25) is 4.79 Å². The summed E-state index contributed by atoms with van der Waals surface area (Å²) in [5, 5.41) is 6.21. The SMILES string of the molecule is CCS(=O)(=O)c1ccccc1Nc1nc(Nc2cc3c(n(C)c2=O)CCN(C)C3)ncc1Cl. The van der Waals surface area contributed by atoms with Crippen LogP contribution in [0.2, 0.25) is 5.02 Å². The molecule has 0 saturated heterocycles. The van der Waals surface area contributed by atoms with Crippen molar-refractivity contribution in [2.45, 2.75) is 24.8 Å². The molecule has 1 aliphatic heterocycles. The summed E-state index contributed by atoms with van der Waals surface area (Å²) >= 11 is 6.28. The molecule has 1 aromatic carbocycles. The summed E-state index contributed by atoms with van der Waals surface area (Å²) in [6.07, 6.45) is 2.20. The molecule has 0 saturated carbocycles. The molecule has 11 heteroatoms. The van der Waals surface area contributed by atoms with E-state index in [1.165, 1.54) is 12.3 Å². The van der Waals surface area contributed by atoms with Crippen LogP contribution in [0.3, 0.4) is 0 Å². The molecule has 3 heterocycles. The van der Waals surface area contributed by atoms with E-state index < -0.39 is 9.84 Å². The van der Waals surface area contributed by atoms with Gasteiger partial charge >= 0.3 is 0 Å². The van der Waals surface area contributed by atoms with Gasteiger partial charge in [0.1, 0.15) is 10.7 Å². The van der Waals surface area contributed by atoms with Crippen LogP contribution in [-0.2, 0) is 29.9 Å². The average Bonchev–Trinajstić information content (AvgIpc) is 2.79. The van der Waals surface area contributed by atoms with Crippen LogP contribution >= 0.6 is 11.6 Å². The van der Waals surface area contributed by atoms with E-state index in [2.05, 4.69) is 25.5 Å². The number of benzene rings is 1. The minimum atomic E-state index is -3.46. The fourth-order valence-corrected chi connectivity index (χ4v) is 5.01. The molecule has 4 rings (SSSR count). The van der Waals surface area contributed by atoms with E-state index in [1.54, 1.807) is 36.7 Å². The van der Waals surface area contributed by atoms with Crippen molar-refractivity contribution in [3.63, 3.8) is 0 Å². The Kier molecular flexibility index (Phi) is 6.42. The number of hydrogen-bond donors (Lipinski definition) is 2. The molecule has 2 aromatic heterocycles. The quantitative estimate of drug-likeness (QED) is 0.544. The second-order valence-electron chi connectivity index (χ2n) is 7.92. The lowest BCUT2D eigenvalue weighted by atomic mass is 10.1. The summed E-state index contributed by atoms with van der Waals surface area (Å²) < 4.78 is 26.6. The molecule has 0 amide bonds. The van der Waals surface area contributed by atoms with E-state index in [0.29, 0.717) is 11.4 Å². The predicted octanol–water partition coefficient (Wildman–Crippen LogP) is 3.10. The van der Waals surface area contributed by atoms with Gasteiger partial charge in [-0.15, -0.1) is 0 Å². The number of nitrogens with one attached hydrogen (secondary N) is 2. The Morgan fingerprint density at radius 1 is 1.15 bits per heavy atom. The maximum atomic E-state index is 12.9. The molecule has 0 unspecified atom stereocenters. The van der Waals surface area contributed by atoms with Crippen molar-refractivity contribution < 1.29 is 8.42 Å². The van der Waals surface area contributed by atoms with Crippen LogP contribution in [0.4, 0.5) is 23.1 Å². The van der Waals surface area contributed by atoms with Gasteiger partial charge in [0.2, 0.25) is 5.95 Å². The lowest BCUT2D eigenvalue weighted by Gasteiger charge is -2.27. The van der Waals surface area contributed by atoms with Gasteiger partial charge in [-0.05, 0) is 30.8 Å². The topological polar surface area (TPSA) is 109 Å². The third-order valence-corrected chi connectivity index (χ3v) is 7.71. The normalized spacial score (nSPS) is 14.1. The Balaban J connectivity index is 1.67. The summed E-state index contributed by atoms with van der Waals surface area (Å²) in [5.74, 6) is 0.355. The van der Waals surface area contributed by atoms with Crippen LogP contribution in [0.25, 0.3) is 0 Å². The number of pyridine rings is 1. The minimum absolute atomic E-state index is 0.0349. The first-order valence-electron chi connectivity index (χ1n) is 10.5. The van der Waals surface area contributed by atoms with E-state index in [1.807, 2.05) is 13.1 Å². The van der Waals surface area contributed by atoms with Gasteiger partial charge in [0, 0.05) is 32.3 Å². The first-order valence-corrected chi connectivity index (χ1v) is 12.5. The molecule has 0 aliphatic carbocycles. The number of likely N-dealkylation sites (N-methyl/N-ethyl adjacent to an activating group) is 1. The molecule has 9 nitrogen and oxygen atoms in total. The molecule has 0 atom stereocenters. The number of aromatic nitrogens is 3. The average molecular weight is 489 g/mol. The van der Waals surface area contributed by atoms with Gasteiger partial charge in [0.15, 0.2) is 15.7 Å². The van der Waals surface area contributed by atoms with Crippen LogP contribution in [0.1, 0.15) is 18.2 Å². The van der Waals surface area contributed by atoms with E-state index >= 15 is 0 Å². The van der Waals surface area contributed by atoms with Gasteiger partial charge in [-0.2, -0.15) is 4.98 Å². The number of anilines is 4. The summed E-state index contributed by atoms with van der Waals surface area (Å²) in [6, 6.07) is 8.39. The first kappa shape index (κ1) is 23.2. The van der Waals surface area contributed by atoms with Gasteiger partial charge in [-0.1, -0.05) is 30.7 Å². The summed E-state index contributed by atoms with van der Waals surface area (Å²) in [4.78, 5) is 23.8. The highest BCUT2D eigenvalue weighted by atomic mass is 35.5. The van der Waals surface area contributed by atoms with Crippen LogP contribution in [0.15, 0.2) is 46.2 Å². The zero-order valence-electron chi connectivity index (χ0n) is 18.6. The van der Waals surface area contributed by atoms with Gasteiger partial charge in [0.25, 0.3) is 5.56 Å². The van der Waals surface area contributed by atoms with Crippen LogP contribution in [0, 0.1) is 0 Å². The number of para-hydroxylation sites is 1. The third-order valence-electron chi connectivity index (χ3n) is 5.65. The smallest absolute Gasteiger partial charge is 0.274 e. The molecule has 0 fully saturated rings. The summed E-state index contributed by atoms with van der Waals surface area (Å²) in [6.45, 7) is 3.23. The monoisotopic (exact) mass is 488 g/mol. The number of halogens is 1. The molecular formula is C22H25ClN6O3S. The molecule has 3 aromatic rings. The number of nitrogens with zero attached hydrogens (tertiary/aromatic N) is 4. The molecule has 0 radical (unpaired) electrons. The maximum Gasteiger partial charge on any atom is 0.274 e. The molecule has 0 bridgehead atoms. The Hall–Kier alpha value is -2.95. The Bertz CT molecular complexity index is 1370. The number of hydrogen-bond acceptors (Lipinski definition) is 8. The Morgan fingerprint density at radius 3 is 2.67 bits per heavy atom. The fourth-order valence-electron chi connectivity index (χ4n) is 3.82. The largest absolute Gasteiger partial charge is 0.338 e. The summed E-state index contributed by atoms with van der Waals surface area (Å²) in [5.41, 5.74) is 2.63. The second kappa shape index (κ2) is 9.12.